The van der Waals surface area contributed by atoms with Gasteiger partial charge in [-0.3, -0.25) is 9.69 Å². The number of halogens is 1. The van der Waals surface area contributed by atoms with Crippen molar-refractivity contribution >= 4 is 32.4 Å². The highest BCUT2D eigenvalue weighted by molar-refractivity contribution is 7.89. The van der Waals surface area contributed by atoms with Crippen LogP contribution in [0, 0.1) is 0 Å². The van der Waals surface area contributed by atoms with E-state index in [2.05, 4.69) is 37.8 Å². The van der Waals surface area contributed by atoms with Crippen LogP contribution in [0.25, 0.3) is 10.8 Å². The lowest BCUT2D eigenvalue weighted by Crippen LogP contribution is -2.35. The molecule has 1 aliphatic rings. The minimum absolute atomic E-state index is 0.0721. The maximum atomic E-state index is 13.4. The molecule has 41 heavy (non-hydrogen) atoms. The summed E-state index contributed by atoms with van der Waals surface area (Å²) in [6.45, 7) is 9.14. The van der Waals surface area contributed by atoms with E-state index < -0.39 is 10.0 Å². The molecule has 0 radical (unpaired) electrons. The predicted octanol–water partition coefficient (Wildman–Crippen LogP) is 6.22. The van der Waals surface area contributed by atoms with Crippen LogP contribution < -0.4 is 10.2 Å². The molecule has 0 N–H and O–H groups in total. The first kappa shape index (κ1) is 29.3. The Labute approximate surface area is 246 Å². The van der Waals surface area contributed by atoms with Crippen molar-refractivity contribution in [3.05, 3.63) is 105 Å². The zero-order valence-electron chi connectivity index (χ0n) is 23.6. The number of ether oxygens (including phenoxy) is 1. The fraction of sp³-hybridized carbons (Fsp3) is 0.344. The van der Waals surface area contributed by atoms with E-state index in [-0.39, 0.29) is 28.1 Å². The molecular formula is C32H35ClN2O5S. The van der Waals surface area contributed by atoms with Gasteiger partial charge < -0.3 is 9.15 Å². The Kier molecular flexibility index (Phi) is 8.57. The fourth-order valence-electron chi connectivity index (χ4n) is 4.99. The van der Waals surface area contributed by atoms with Gasteiger partial charge >= 0.3 is 0 Å². The third kappa shape index (κ3) is 6.84. The van der Waals surface area contributed by atoms with Crippen molar-refractivity contribution in [2.45, 2.75) is 50.7 Å². The zero-order chi connectivity index (χ0) is 29.2. The quantitative estimate of drug-likeness (QED) is 0.253. The number of nitrogens with zero attached hydrogens (tertiary/aromatic N) is 2. The number of sulfonamides is 1. The Morgan fingerprint density at radius 3 is 2.46 bits per heavy atom. The van der Waals surface area contributed by atoms with Crippen molar-refractivity contribution in [3.63, 3.8) is 0 Å². The molecule has 3 aromatic carbocycles. The monoisotopic (exact) mass is 594 g/mol. The summed E-state index contributed by atoms with van der Waals surface area (Å²) in [6.07, 6.45) is 2.03. The van der Waals surface area contributed by atoms with Gasteiger partial charge in [-0.15, -0.1) is 0 Å². The van der Waals surface area contributed by atoms with E-state index in [0.29, 0.717) is 49.9 Å². The first-order valence-electron chi connectivity index (χ1n) is 13.8. The maximum Gasteiger partial charge on any atom is 0.243 e. The largest absolute Gasteiger partial charge is 0.482 e. The molecule has 9 heteroatoms. The van der Waals surface area contributed by atoms with Crippen molar-refractivity contribution in [1.82, 2.24) is 9.21 Å². The molecule has 0 amide bonds. The third-order valence-electron chi connectivity index (χ3n) is 7.43. The predicted molar refractivity (Wildman–Crippen MR) is 162 cm³/mol. The average molecular weight is 595 g/mol. The lowest BCUT2D eigenvalue weighted by molar-refractivity contribution is 0.245. The van der Waals surface area contributed by atoms with E-state index in [1.165, 1.54) is 22.2 Å². The fourth-order valence-corrected chi connectivity index (χ4v) is 6.74. The summed E-state index contributed by atoms with van der Waals surface area (Å²) < 4.78 is 39.9. The van der Waals surface area contributed by atoms with Gasteiger partial charge in [0.1, 0.15) is 18.6 Å². The second-order valence-corrected chi connectivity index (χ2v) is 13.8. The summed E-state index contributed by atoms with van der Waals surface area (Å²) in [4.78, 5) is 15.1. The van der Waals surface area contributed by atoms with Gasteiger partial charge in [0, 0.05) is 36.1 Å². The van der Waals surface area contributed by atoms with E-state index in [1.807, 2.05) is 24.3 Å². The topological polar surface area (TPSA) is 80.1 Å². The van der Waals surface area contributed by atoms with Gasteiger partial charge in [-0.1, -0.05) is 74.8 Å². The Hall–Kier alpha value is -3.17. The van der Waals surface area contributed by atoms with Gasteiger partial charge in [-0.25, -0.2) is 8.42 Å². The number of rotatable bonds is 7. The van der Waals surface area contributed by atoms with Crippen LogP contribution in [0.1, 0.15) is 44.1 Å². The van der Waals surface area contributed by atoms with Gasteiger partial charge in [-0.2, -0.15) is 4.31 Å². The van der Waals surface area contributed by atoms with E-state index in [9.17, 15) is 13.2 Å². The highest BCUT2D eigenvalue weighted by Gasteiger charge is 2.27. The molecule has 0 bridgehead atoms. The van der Waals surface area contributed by atoms with Crippen LogP contribution in [0.5, 0.6) is 5.75 Å². The van der Waals surface area contributed by atoms with Crippen LogP contribution in [-0.4, -0.2) is 43.8 Å². The van der Waals surface area contributed by atoms with Crippen LogP contribution in [0.3, 0.4) is 0 Å². The maximum absolute atomic E-state index is 13.4. The van der Waals surface area contributed by atoms with Crippen molar-refractivity contribution in [2.75, 3.05) is 26.2 Å². The number of hydrogen-bond donors (Lipinski definition) is 0. The van der Waals surface area contributed by atoms with Gasteiger partial charge in [0.15, 0.2) is 0 Å². The molecule has 1 fully saturated rings. The molecule has 0 atom stereocenters. The molecule has 0 unspecified atom stereocenters. The average Bonchev–Trinajstić information content (AvgIpc) is 3.18. The molecule has 0 aliphatic carbocycles. The van der Waals surface area contributed by atoms with Gasteiger partial charge in [0.25, 0.3) is 0 Å². The summed E-state index contributed by atoms with van der Waals surface area (Å²) in [6, 6.07) is 20.1. The van der Waals surface area contributed by atoms with Crippen LogP contribution in [0.2, 0.25) is 5.02 Å². The van der Waals surface area contributed by atoms with Crippen molar-refractivity contribution in [2.24, 2.45) is 0 Å². The Bertz CT molecular complexity index is 1690. The number of benzene rings is 3. The van der Waals surface area contributed by atoms with E-state index in [1.54, 1.807) is 24.3 Å². The number of fused-ring (bicyclic) bond motifs is 1. The molecule has 0 spiro atoms. The lowest BCUT2D eigenvalue weighted by Gasteiger charge is -2.21. The van der Waals surface area contributed by atoms with Crippen molar-refractivity contribution in [3.8, 4) is 5.75 Å². The molecule has 1 saturated heterocycles. The van der Waals surface area contributed by atoms with Crippen LogP contribution in [0.15, 0.2) is 87.1 Å². The van der Waals surface area contributed by atoms with E-state index in [4.69, 9.17) is 20.8 Å². The Morgan fingerprint density at radius 1 is 0.951 bits per heavy atom. The van der Waals surface area contributed by atoms with Crippen molar-refractivity contribution in [1.29, 1.82) is 0 Å². The van der Waals surface area contributed by atoms with Crippen molar-refractivity contribution < 1.29 is 17.6 Å². The van der Waals surface area contributed by atoms with E-state index in [0.717, 1.165) is 16.3 Å². The summed E-state index contributed by atoms with van der Waals surface area (Å²) in [7, 11) is -3.66. The summed E-state index contributed by atoms with van der Waals surface area (Å²) in [5.74, 6) is 0.679. The Morgan fingerprint density at radius 2 is 1.73 bits per heavy atom. The van der Waals surface area contributed by atoms with Gasteiger partial charge in [0.05, 0.1) is 11.4 Å². The van der Waals surface area contributed by atoms with E-state index >= 15 is 0 Å². The number of hydrogen-bond acceptors (Lipinski definition) is 6. The van der Waals surface area contributed by atoms with Crippen LogP contribution in [0.4, 0.5) is 0 Å². The molecular weight excluding hydrogens is 560 g/mol. The molecule has 5 rings (SSSR count). The molecule has 1 aliphatic heterocycles. The van der Waals surface area contributed by atoms with Crippen LogP contribution >= 0.6 is 11.6 Å². The molecule has 4 aromatic rings. The van der Waals surface area contributed by atoms with Gasteiger partial charge in [-0.05, 0) is 53.1 Å². The molecule has 0 saturated carbocycles. The summed E-state index contributed by atoms with van der Waals surface area (Å²) in [5.41, 5.74) is 2.03. The standard InChI is InChI=1S/C32H35ClN2O5S/c1-32(2,3)25-10-8-23(9-11-25)21-40-31-22-39-26(19-30(31)36)20-34-14-5-15-35(17-16-34)41(37,38)27-12-13-28-24(18-27)6-4-7-29(28)33/h4,6-13,18-19,22H,5,14-17,20-21H2,1-3H3. The third-order valence-corrected chi connectivity index (χ3v) is 9.65. The minimum Gasteiger partial charge on any atom is -0.482 e. The highest BCUT2D eigenvalue weighted by atomic mass is 35.5. The normalized spacial score (nSPS) is 15.6. The first-order chi connectivity index (χ1) is 19.5. The van der Waals surface area contributed by atoms with Gasteiger partial charge in [0.2, 0.25) is 21.2 Å². The molecule has 216 valence electrons. The molecule has 1 aromatic heterocycles. The lowest BCUT2D eigenvalue weighted by atomic mass is 9.87. The zero-order valence-corrected chi connectivity index (χ0v) is 25.2. The smallest absolute Gasteiger partial charge is 0.243 e. The summed E-state index contributed by atoms with van der Waals surface area (Å²) >= 11 is 6.25. The SMILES string of the molecule is CC(C)(C)c1ccc(COc2coc(CN3CCCN(S(=O)(=O)c4ccc5c(Cl)cccc5c4)CC3)cc2=O)cc1. The molecule has 2 heterocycles. The first-order valence-corrected chi connectivity index (χ1v) is 15.6. The second-order valence-electron chi connectivity index (χ2n) is 11.5. The molecule has 7 nitrogen and oxygen atoms in total. The highest BCUT2D eigenvalue weighted by Crippen LogP contribution is 2.28. The summed E-state index contributed by atoms with van der Waals surface area (Å²) in [5, 5.41) is 2.20. The Balaban J connectivity index is 1.19. The van der Waals surface area contributed by atoms with Crippen LogP contribution in [-0.2, 0) is 28.6 Å². The second kappa shape index (κ2) is 12.0. The minimum atomic E-state index is -3.66.